The van der Waals surface area contributed by atoms with Crippen molar-refractivity contribution in [2.75, 3.05) is 7.05 Å². The fourth-order valence-electron chi connectivity index (χ4n) is 2.93. The average Bonchev–Trinajstić information content (AvgIpc) is 3.37. The van der Waals surface area contributed by atoms with E-state index in [2.05, 4.69) is 42.6 Å². The molecule has 1 saturated carbocycles. The van der Waals surface area contributed by atoms with Gasteiger partial charge in [0.15, 0.2) is 0 Å². The lowest BCUT2D eigenvalue weighted by Crippen LogP contribution is -2.44. The van der Waals surface area contributed by atoms with Crippen LogP contribution in [-0.2, 0) is 0 Å². The molecule has 1 N–H and O–H groups in total. The summed E-state index contributed by atoms with van der Waals surface area (Å²) in [5.41, 5.74) is 1.14. The number of rotatable bonds is 4. The maximum absolute atomic E-state index is 12.4. The number of hydrogen-bond donors (Lipinski definition) is 1. The zero-order chi connectivity index (χ0) is 15.7. The van der Waals surface area contributed by atoms with Crippen LogP contribution >= 0.6 is 0 Å². The van der Waals surface area contributed by atoms with Gasteiger partial charge in [-0.2, -0.15) is 0 Å². The molecular formula is C19H24N2O. The van der Waals surface area contributed by atoms with Crippen molar-refractivity contribution in [3.05, 3.63) is 48.0 Å². The first-order valence-electron chi connectivity index (χ1n) is 8.08. The average molecular weight is 296 g/mol. The molecule has 1 aliphatic carbocycles. The first-order valence-corrected chi connectivity index (χ1v) is 8.08. The molecule has 2 aromatic carbocycles. The quantitative estimate of drug-likeness (QED) is 0.894. The van der Waals surface area contributed by atoms with Crippen molar-refractivity contribution < 1.29 is 4.79 Å². The van der Waals surface area contributed by atoms with Gasteiger partial charge in [-0.1, -0.05) is 36.4 Å². The minimum absolute atomic E-state index is 0.00552. The van der Waals surface area contributed by atoms with Crippen molar-refractivity contribution in [2.45, 2.75) is 38.8 Å². The summed E-state index contributed by atoms with van der Waals surface area (Å²) < 4.78 is 0. The van der Waals surface area contributed by atoms with Crippen molar-refractivity contribution >= 4 is 16.8 Å². The molecule has 0 aliphatic heterocycles. The Labute approximate surface area is 132 Å². The van der Waals surface area contributed by atoms with Gasteiger partial charge in [0.25, 0.3) is 0 Å². The van der Waals surface area contributed by atoms with Crippen molar-refractivity contribution in [2.24, 2.45) is 5.92 Å². The molecule has 3 rings (SSSR count). The lowest BCUT2D eigenvalue weighted by atomic mass is 10.0. The van der Waals surface area contributed by atoms with Crippen LogP contribution in [0.4, 0.5) is 4.79 Å². The number of carbonyl (C=O) groups excluding carboxylic acids is 1. The van der Waals surface area contributed by atoms with E-state index in [9.17, 15) is 4.79 Å². The number of benzene rings is 2. The van der Waals surface area contributed by atoms with Crippen LogP contribution in [0.5, 0.6) is 0 Å². The number of carbonyl (C=O) groups is 1. The summed E-state index contributed by atoms with van der Waals surface area (Å²) in [5, 5.41) is 5.55. The molecule has 1 fully saturated rings. The number of urea groups is 1. The second-order valence-electron chi connectivity index (χ2n) is 6.47. The van der Waals surface area contributed by atoms with E-state index in [1.165, 1.54) is 23.6 Å². The van der Waals surface area contributed by atoms with Crippen LogP contribution in [0.25, 0.3) is 10.8 Å². The fourth-order valence-corrected chi connectivity index (χ4v) is 2.93. The fraction of sp³-hybridized carbons (Fsp3) is 0.421. The summed E-state index contributed by atoms with van der Waals surface area (Å²) in [6.07, 6.45) is 2.50. The Morgan fingerprint density at radius 2 is 1.82 bits per heavy atom. The molecule has 22 heavy (non-hydrogen) atoms. The molecule has 0 radical (unpaired) electrons. The summed E-state index contributed by atoms with van der Waals surface area (Å²) >= 11 is 0. The molecule has 0 spiro atoms. The van der Waals surface area contributed by atoms with Crippen LogP contribution in [0.3, 0.4) is 0 Å². The lowest BCUT2D eigenvalue weighted by molar-refractivity contribution is 0.185. The van der Waals surface area contributed by atoms with E-state index >= 15 is 0 Å². The van der Waals surface area contributed by atoms with Crippen LogP contribution in [0.2, 0.25) is 0 Å². The Morgan fingerprint density at radius 3 is 2.50 bits per heavy atom. The highest BCUT2D eigenvalue weighted by molar-refractivity contribution is 5.83. The van der Waals surface area contributed by atoms with Gasteiger partial charge in [-0.3, -0.25) is 0 Å². The topological polar surface area (TPSA) is 32.3 Å². The normalized spacial score (nSPS) is 17.0. The van der Waals surface area contributed by atoms with Crippen molar-refractivity contribution in [1.82, 2.24) is 10.2 Å². The number of nitrogens with zero attached hydrogens (tertiary/aromatic N) is 1. The Hall–Kier alpha value is -2.03. The molecule has 0 unspecified atom stereocenters. The predicted octanol–water partition coefficient (Wildman–Crippen LogP) is 4.34. The molecule has 0 heterocycles. The van der Waals surface area contributed by atoms with E-state index in [1.54, 1.807) is 0 Å². The molecule has 2 atom stereocenters. The van der Waals surface area contributed by atoms with Gasteiger partial charge in [-0.05, 0) is 55.0 Å². The summed E-state index contributed by atoms with van der Waals surface area (Å²) in [4.78, 5) is 14.2. The Morgan fingerprint density at radius 1 is 1.14 bits per heavy atom. The van der Waals surface area contributed by atoms with Crippen LogP contribution in [0, 0.1) is 5.92 Å². The van der Waals surface area contributed by atoms with Crippen molar-refractivity contribution in [1.29, 1.82) is 0 Å². The third-order valence-electron chi connectivity index (χ3n) is 4.85. The molecule has 0 bridgehead atoms. The van der Waals surface area contributed by atoms with Gasteiger partial charge < -0.3 is 10.2 Å². The maximum atomic E-state index is 12.4. The smallest absolute Gasteiger partial charge is 0.317 e. The minimum atomic E-state index is 0.00552. The molecule has 0 aromatic heterocycles. The first-order chi connectivity index (χ1) is 10.6. The van der Waals surface area contributed by atoms with E-state index < -0.39 is 0 Å². The molecule has 2 aromatic rings. The van der Waals surface area contributed by atoms with Crippen LogP contribution in [0.15, 0.2) is 42.5 Å². The molecule has 0 saturated heterocycles. The highest BCUT2D eigenvalue weighted by Gasteiger charge is 2.32. The predicted molar refractivity (Wildman–Crippen MR) is 90.8 cm³/mol. The third kappa shape index (κ3) is 3.08. The van der Waals surface area contributed by atoms with Gasteiger partial charge in [0.05, 0.1) is 6.04 Å². The number of nitrogens with one attached hydrogen (secondary N) is 1. The van der Waals surface area contributed by atoms with Crippen molar-refractivity contribution in [3.63, 3.8) is 0 Å². The second-order valence-corrected chi connectivity index (χ2v) is 6.47. The Bertz CT molecular complexity index is 678. The molecule has 2 amide bonds. The summed E-state index contributed by atoms with van der Waals surface area (Å²) in [6, 6.07) is 15.0. The molecule has 116 valence electrons. The summed E-state index contributed by atoms with van der Waals surface area (Å²) in [5.74, 6) is 0.687. The number of amides is 2. The second kappa shape index (κ2) is 5.99. The van der Waals surface area contributed by atoms with Gasteiger partial charge in [0.1, 0.15) is 0 Å². The molecule has 1 aliphatic rings. The van der Waals surface area contributed by atoms with E-state index in [0.717, 1.165) is 5.56 Å². The highest BCUT2D eigenvalue weighted by Crippen LogP contribution is 2.34. The number of hydrogen-bond acceptors (Lipinski definition) is 1. The van der Waals surface area contributed by atoms with Crippen LogP contribution < -0.4 is 5.32 Å². The van der Waals surface area contributed by atoms with Crippen LogP contribution in [0.1, 0.15) is 38.3 Å². The first kappa shape index (κ1) is 14.9. The highest BCUT2D eigenvalue weighted by atomic mass is 16.2. The van der Waals surface area contributed by atoms with Gasteiger partial charge >= 0.3 is 6.03 Å². The molecule has 3 heteroatoms. The van der Waals surface area contributed by atoms with Gasteiger partial charge in [-0.15, -0.1) is 0 Å². The Kier molecular flexibility index (Phi) is 4.06. The SMILES string of the molecule is C[C@H](NC(=O)N(C)[C@H](C)C1CC1)c1ccc2ccccc2c1. The van der Waals surface area contributed by atoms with E-state index in [1.807, 2.05) is 31.0 Å². The summed E-state index contributed by atoms with van der Waals surface area (Å²) in [6.45, 7) is 4.18. The Balaban J connectivity index is 1.69. The molecular weight excluding hydrogens is 272 g/mol. The molecule has 3 nitrogen and oxygen atoms in total. The largest absolute Gasteiger partial charge is 0.331 e. The van der Waals surface area contributed by atoms with E-state index in [4.69, 9.17) is 0 Å². The number of fused-ring (bicyclic) bond motifs is 1. The van der Waals surface area contributed by atoms with Gasteiger partial charge in [0, 0.05) is 13.1 Å². The van der Waals surface area contributed by atoms with E-state index in [-0.39, 0.29) is 12.1 Å². The third-order valence-corrected chi connectivity index (χ3v) is 4.85. The van der Waals surface area contributed by atoms with Crippen molar-refractivity contribution in [3.8, 4) is 0 Å². The summed E-state index contributed by atoms with van der Waals surface area (Å²) in [7, 11) is 1.89. The lowest BCUT2D eigenvalue weighted by Gasteiger charge is -2.27. The standard InChI is InChI=1S/C19H24N2O/c1-13(20-19(22)21(3)14(2)15-8-9-15)17-11-10-16-6-4-5-7-18(16)12-17/h4-7,10-15H,8-9H2,1-3H3,(H,20,22)/t13-,14+/m0/s1. The van der Waals surface area contributed by atoms with Gasteiger partial charge in [-0.25, -0.2) is 4.79 Å². The zero-order valence-corrected chi connectivity index (χ0v) is 13.5. The minimum Gasteiger partial charge on any atom is -0.331 e. The maximum Gasteiger partial charge on any atom is 0.317 e. The zero-order valence-electron chi connectivity index (χ0n) is 13.5. The monoisotopic (exact) mass is 296 g/mol. The van der Waals surface area contributed by atoms with Gasteiger partial charge in [0.2, 0.25) is 0 Å². The van der Waals surface area contributed by atoms with E-state index in [0.29, 0.717) is 12.0 Å². The van der Waals surface area contributed by atoms with Crippen LogP contribution in [-0.4, -0.2) is 24.0 Å².